The summed E-state index contributed by atoms with van der Waals surface area (Å²) < 4.78 is 24.6. The predicted molar refractivity (Wildman–Crippen MR) is 103 cm³/mol. The molecule has 1 heterocycles. The zero-order valence-corrected chi connectivity index (χ0v) is 16.8. The van der Waals surface area contributed by atoms with E-state index in [9.17, 15) is 22.8 Å². The third-order valence-corrected chi connectivity index (χ3v) is 6.82. The fraction of sp³-hybridized carbons (Fsp3) is 0.474. The monoisotopic (exact) mass is 418 g/mol. The van der Waals surface area contributed by atoms with Crippen molar-refractivity contribution in [1.82, 2.24) is 15.8 Å². The summed E-state index contributed by atoms with van der Waals surface area (Å²) in [7, 11) is -3.84. The molecular formula is C19H22N4O5S. The Balaban J connectivity index is 1.61. The van der Waals surface area contributed by atoms with E-state index in [-0.39, 0.29) is 0 Å². The second-order valence-corrected chi connectivity index (χ2v) is 9.78. The van der Waals surface area contributed by atoms with Crippen LogP contribution < -0.4 is 10.7 Å². The van der Waals surface area contributed by atoms with Crippen molar-refractivity contribution in [3.8, 4) is 6.07 Å². The molecule has 0 atom stereocenters. The molecule has 1 saturated heterocycles. The Labute approximate surface area is 168 Å². The van der Waals surface area contributed by atoms with E-state index in [0.29, 0.717) is 34.9 Å². The number of rotatable bonds is 5. The number of urea groups is 1. The lowest BCUT2D eigenvalue weighted by atomic mass is 9.77. The van der Waals surface area contributed by atoms with Crippen LogP contribution >= 0.6 is 0 Å². The van der Waals surface area contributed by atoms with Gasteiger partial charge in [-0.05, 0) is 49.3 Å². The number of nitrogens with zero attached hydrogens (tertiary/aromatic N) is 2. The SMILES string of the molecule is CC1CCC2(CC1)NC(=O)N(NC(=O)CS(=O)(=O)Cc1ccc(C#N)cc1)C2=O. The standard InChI is InChI=1S/C19H22N4O5S/c1-13-6-8-19(9-7-13)17(25)23(18(26)21-19)22-16(24)12-29(27,28)11-15-4-2-14(10-20)3-5-15/h2-5,13H,6-9,11-12H2,1H3,(H,21,26)(H,22,24). The van der Waals surface area contributed by atoms with Crippen molar-refractivity contribution in [2.24, 2.45) is 5.92 Å². The Morgan fingerprint density at radius 3 is 2.48 bits per heavy atom. The first-order chi connectivity index (χ1) is 13.6. The van der Waals surface area contributed by atoms with E-state index in [4.69, 9.17) is 5.26 Å². The van der Waals surface area contributed by atoms with Gasteiger partial charge in [-0.3, -0.25) is 15.0 Å². The van der Waals surface area contributed by atoms with Crippen LogP contribution in [0.1, 0.15) is 43.7 Å². The van der Waals surface area contributed by atoms with Crippen molar-refractivity contribution in [2.45, 2.75) is 43.9 Å². The Hall–Kier alpha value is -2.93. The van der Waals surface area contributed by atoms with E-state index in [1.165, 1.54) is 24.3 Å². The maximum absolute atomic E-state index is 12.7. The highest BCUT2D eigenvalue weighted by atomic mass is 32.2. The maximum atomic E-state index is 12.7. The molecule has 0 bridgehead atoms. The average molecular weight is 418 g/mol. The van der Waals surface area contributed by atoms with Crippen LogP contribution in [0.25, 0.3) is 0 Å². The van der Waals surface area contributed by atoms with Crippen LogP contribution in [0.3, 0.4) is 0 Å². The summed E-state index contributed by atoms with van der Waals surface area (Å²) in [5, 5.41) is 12.0. The van der Waals surface area contributed by atoms with Gasteiger partial charge in [0.1, 0.15) is 11.3 Å². The number of amides is 4. The molecule has 0 radical (unpaired) electrons. The molecule has 3 rings (SSSR count). The fourth-order valence-electron chi connectivity index (χ4n) is 3.65. The maximum Gasteiger partial charge on any atom is 0.344 e. The van der Waals surface area contributed by atoms with Crippen LogP contribution in [-0.2, 0) is 25.2 Å². The molecule has 1 saturated carbocycles. The molecule has 2 fully saturated rings. The highest BCUT2D eigenvalue weighted by molar-refractivity contribution is 7.91. The van der Waals surface area contributed by atoms with E-state index in [1.54, 1.807) is 0 Å². The Bertz CT molecular complexity index is 973. The van der Waals surface area contributed by atoms with Gasteiger partial charge < -0.3 is 5.32 Å². The topological polar surface area (TPSA) is 136 Å². The molecule has 10 heteroatoms. The molecule has 1 aromatic rings. The van der Waals surface area contributed by atoms with Crippen molar-refractivity contribution in [1.29, 1.82) is 5.26 Å². The zero-order chi connectivity index (χ0) is 21.2. The first kappa shape index (κ1) is 20.8. The smallest absolute Gasteiger partial charge is 0.322 e. The van der Waals surface area contributed by atoms with E-state index in [2.05, 4.69) is 17.7 Å². The van der Waals surface area contributed by atoms with Crippen molar-refractivity contribution < 1.29 is 22.8 Å². The number of nitriles is 1. The summed E-state index contributed by atoms with van der Waals surface area (Å²) in [6.45, 7) is 2.08. The third kappa shape index (κ3) is 4.56. The van der Waals surface area contributed by atoms with Crippen molar-refractivity contribution >= 4 is 27.7 Å². The summed E-state index contributed by atoms with van der Waals surface area (Å²) in [5.41, 5.74) is 1.95. The Morgan fingerprint density at radius 2 is 1.90 bits per heavy atom. The third-order valence-electron chi connectivity index (χ3n) is 5.35. The second kappa shape index (κ2) is 7.83. The summed E-state index contributed by atoms with van der Waals surface area (Å²) in [4.78, 5) is 37.1. The first-order valence-corrected chi connectivity index (χ1v) is 11.1. The van der Waals surface area contributed by atoms with Crippen LogP contribution in [0.4, 0.5) is 4.79 Å². The lowest BCUT2D eigenvalue weighted by Crippen LogP contribution is -2.52. The van der Waals surface area contributed by atoms with Crippen molar-refractivity contribution in [3.05, 3.63) is 35.4 Å². The normalized spacial score (nSPS) is 24.3. The highest BCUT2D eigenvalue weighted by Crippen LogP contribution is 2.35. The summed E-state index contributed by atoms with van der Waals surface area (Å²) in [5.74, 6) is -2.31. The Kier molecular flexibility index (Phi) is 5.61. The van der Waals surface area contributed by atoms with Gasteiger partial charge in [0.2, 0.25) is 0 Å². The van der Waals surface area contributed by atoms with Gasteiger partial charge in [0.25, 0.3) is 11.8 Å². The van der Waals surface area contributed by atoms with Crippen LogP contribution in [0.2, 0.25) is 0 Å². The van der Waals surface area contributed by atoms with Gasteiger partial charge >= 0.3 is 6.03 Å². The fourth-order valence-corrected chi connectivity index (χ4v) is 4.92. The van der Waals surface area contributed by atoms with Gasteiger partial charge in [0, 0.05) is 0 Å². The summed E-state index contributed by atoms with van der Waals surface area (Å²) >= 11 is 0. The molecule has 154 valence electrons. The molecule has 1 aromatic carbocycles. The molecule has 2 N–H and O–H groups in total. The first-order valence-electron chi connectivity index (χ1n) is 9.30. The quantitative estimate of drug-likeness (QED) is 0.685. The minimum Gasteiger partial charge on any atom is -0.322 e. The lowest BCUT2D eigenvalue weighted by molar-refractivity contribution is -0.139. The number of hydrazine groups is 1. The van der Waals surface area contributed by atoms with E-state index in [0.717, 1.165) is 12.8 Å². The molecule has 0 unspecified atom stereocenters. The number of sulfone groups is 1. The van der Waals surface area contributed by atoms with E-state index < -0.39 is 44.7 Å². The van der Waals surface area contributed by atoms with Crippen LogP contribution in [-0.4, -0.2) is 42.6 Å². The summed E-state index contributed by atoms with van der Waals surface area (Å²) in [6, 6.07) is 7.16. The van der Waals surface area contributed by atoms with E-state index in [1.807, 2.05) is 6.07 Å². The lowest BCUT2D eigenvalue weighted by Gasteiger charge is -2.33. The zero-order valence-electron chi connectivity index (χ0n) is 16.0. The number of nitrogens with one attached hydrogen (secondary N) is 2. The highest BCUT2D eigenvalue weighted by Gasteiger charge is 2.53. The van der Waals surface area contributed by atoms with Gasteiger partial charge in [0.05, 0.1) is 17.4 Å². The van der Waals surface area contributed by atoms with Crippen LogP contribution in [0, 0.1) is 17.2 Å². The molecule has 2 aliphatic rings. The van der Waals surface area contributed by atoms with Gasteiger partial charge in [-0.2, -0.15) is 10.3 Å². The largest absolute Gasteiger partial charge is 0.344 e. The summed E-state index contributed by atoms with van der Waals surface area (Å²) in [6.07, 6.45) is 2.55. The van der Waals surface area contributed by atoms with Gasteiger partial charge in [-0.1, -0.05) is 19.1 Å². The minimum atomic E-state index is -3.84. The molecule has 0 aromatic heterocycles. The van der Waals surface area contributed by atoms with Gasteiger partial charge in [-0.15, -0.1) is 0 Å². The Morgan fingerprint density at radius 1 is 1.28 bits per heavy atom. The molecule has 9 nitrogen and oxygen atoms in total. The van der Waals surface area contributed by atoms with Gasteiger partial charge in [0.15, 0.2) is 9.84 Å². The number of hydrogen-bond donors (Lipinski definition) is 2. The van der Waals surface area contributed by atoms with Crippen molar-refractivity contribution in [2.75, 3.05) is 5.75 Å². The number of carbonyl (C=O) groups is 3. The molecule has 4 amide bonds. The number of benzene rings is 1. The molecule has 1 aliphatic carbocycles. The van der Waals surface area contributed by atoms with Crippen molar-refractivity contribution in [3.63, 3.8) is 0 Å². The van der Waals surface area contributed by atoms with E-state index >= 15 is 0 Å². The average Bonchev–Trinajstić information content (AvgIpc) is 2.88. The van der Waals surface area contributed by atoms with Gasteiger partial charge in [-0.25, -0.2) is 13.2 Å². The second-order valence-electron chi connectivity index (χ2n) is 7.71. The van der Waals surface area contributed by atoms with Crippen LogP contribution in [0.5, 0.6) is 0 Å². The number of imide groups is 1. The predicted octanol–water partition coefficient (Wildman–Crippen LogP) is 1.00. The molecule has 1 aliphatic heterocycles. The molecule has 29 heavy (non-hydrogen) atoms. The molecule has 1 spiro atoms. The van der Waals surface area contributed by atoms with Crippen LogP contribution in [0.15, 0.2) is 24.3 Å². The number of hydrogen-bond acceptors (Lipinski definition) is 6. The number of carbonyl (C=O) groups excluding carboxylic acids is 3. The molecular weight excluding hydrogens is 396 g/mol. The minimum absolute atomic E-state index is 0.395.